The van der Waals surface area contributed by atoms with Crippen LogP contribution in [0.2, 0.25) is 0 Å². The molecule has 3 aliphatic rings. The quantitative estimate of drug-likeness (QED) is 0.567. The van der Waals surface area contributed by atoms with Gasteiger partial charge in [0.05, 0.1) is 5.60 Å². The number of nitrogens with one attached hydrogen (secondary N) is 1. The van der Waals surface area contributed by atoms with E-state index in [4.69, 9.17) is 10.6 Å². The van der Waals surface area contributed by atoms with Gasteiger partial charge in [-0.3, -0.25) is 11.3 Å². The molecule has 0 aromatic carbocycles. The van der Waals surface area contributed by atoms with Gasteiger partial charge < -0.3 is 4.74 Å². The molecule has 0 amide bonds. The molecular weight excluding hydrogens is 200 g/mol. The zero-order chi connectivity index (χ0) is 11.0. The van der Waals surface area contributed by atoms with Gasteiger partial charge in [-0.25, -0.2) is 0 Å². The maximum Gasteiger partial charge on any atom is 0.0685 e. The topological polar surface area (TPSA) is 47.3 Å². The van der Waals surface area contributed by atoms with Crippen LogP contribution in [0, 0.1) is 11.8 Å². The molecule has 0 aromatic heterocycles. The number of hydrazine groups is 1. The predicted molar refractivity (Wildman–Crippen MR) is 63.7 cm³/mol. The lowest BCUT2D eigenvalue weighted by Gasteiger charge is -2.48. The molecular formula is C13H24N2O. The zero-order valence-electron chi connectivity index (χ0n) is 10.1. The first-order chi connectivity index (χ1) is 7.81. The Morgan fingerprint density at radius 3 is 2.69 bits per heavy atom. The summed E-state index contributed by atoms with van der Waals surface area (Å²) in [4.78, 5) is 0. The van der Waals surface area contributed by atoms with Crippen LogP contribution >= 0.6 is 0 Å². The number of ether oxygens (including phenoxy) is 1. The fourth-order valence-corrected chi connectivity index (χ4v) is 3.44. The zero-order valence-corrected chi connectivity index (χ0v) is 10.1. The molecule has 2 unspecified atom stereocenters. The van der Waals surface area contributed by atoms with Crippen LogP contribution in [0.25, 0.3) is 0 Å². The molecule has 3 fully saturated rings. The van der Waals surface area contributed by atoms with Crippen molar-refractivity contribution in [1.29, 1.82) is 0 Å². The minimum absolute atomic E-state index is 0.265. The number of nitrogens with two attached hydrogens (primary N) is 1. The van der Waals surface area contributed by atoms with E-state index in [1.165, 1.54) is 51.4 Å². The summed E-state index contributed by atoms with van der Waals surface area (Å²) >= 11 is 0. The Kier molecular flexibility index (Phi) is 2.94. The van der Waals surface area contributed by atoms with E-state index in [-0.39, 0.29) is 5.60 Å². The molecule has 1 spiro atoms. The van der Waals surface area contributed by atoms with Crippen LogP contribution < -0.4 is 11.3 Å². The van der Waals surface area contributed by atoms with Crippen molar-refractivity contribution in [2.45, 2.75) is 63.0 Å². The summed E-state index contributed by atoms with van der Waals surface area (Å²) in [6.07, 6.45) is 10.5. The predicted octanol–water partition coefficient (Wildman–Crippen LogP) is 1.97. The molecule has 3 nitrogen and oxygen atoms in total. The Balaban J connectivity index is 1.58. The summed E-state index contributed by atoms with van der Waals surface area (Å²) in [5.74, 6) is 7.45. The maximum absolute atomic E-state index is 5.98. The Bertz CT molecular complexity index is 248. The van der Waals surface area contributed by atoms with Crippen molar-refractivity contribution in [3.05, 3.63) is 0 Å². The summed E-state index contributed by atoms with van der Waals surface area (Å²) in [5, 5.41) is 0. The van der Waals surface area contributed by atoms with Gasteiger partial charge in [0.1, 0.15) is 0 Å². The molecule has 0 aromatic rings. The van der Waals surface area contributed by atoms with Gasteiger partial charge in [0.2, 0.25) is 0 Å². The van der Waals surface area contributed by atoms with E-state index < -0.39 is 0 Å². The smallest absolute Gasteiger partial charge is 0.0685 e. The Hall–Kier alpha value is -0.120. The largest absolute Gasteiger partial charge is 0.375 e. The Labute approximate surface area is 98.1 Å². The molecule has 0 radical (unpaired) electrons. The van der Waals surface area contributed by atoms with Gasteiger partial charge in [0, 0.05) is 12.6 Å². The van der Waals surface area contributed by atoms with Crippen molar-refractivity contribution in [3.63, 3.8) is 0 Å². The molecule has 3 heteroatoms. The van der Waals surface area contributed by atoms with E-state index in [9.17, 15) is 0 Å². The van der Waals surface area contributed by atoms with Gasteiger partial charge in [0.15, 0.2) is 0 Å². The summed E-state index contributed by atoms with van der Waals surface area (Å²) in [6, 6.07) is 0.536. The van der Waals surface area contributed by atoms with Crippen molar-refractivity contribution in [3.8, 4) is 0 Å². The fourth-order valence-electron chi connectivity index (χ4n) is 3.44. The van der Waals surface area contributed by atoms with E-state index in [0.29, 0.717) is 6.04 Å². The highest BCUT2D eigenvalue weighted by Crippen LogP contribution is 2.46. The van der Waals surface area contributed by atoms with Crippen LogP contribution in [0.5, 0.6) is 0 Å². The number of rotatable bonds is 4. The van der Waals surface area contributed by atoms with Crippen molar-refractivity contribution in [2.24, 2.45) is 17.7 Å². The fraction of sp³-hybridized carbons (Fsp3) is 1.00. The Morgan fingerprint density at radius 2 is 2.12 bits per heavy atom. The second-order valence-corrected chi connectivity index (χ2v) is 6.09. The molecule has 92 valence electrons. The van der Waals surface area contributed by atoms with E-state index in [1.54, 1.807) is 0 Å². The van der Waals surface area contributed by atoms with Gasteiger partial charge in [0.25, 0.3) is 0 Å². The minimum Gasteiger partial charge on any atom is -0.375 e. The van der Waals surface area contributed by atoms with Crippen molar-refractivity contribution in [1.82, 2.24) is 5.43 Å². The SMILES string of the molecule is NNC(CC1CC1)C1CCOC2(CCC2)C1. The van der Waals surface area contributed by atoms with E-state index >= 15 is 0 Å². The third-order valence-corrected chi connectivity index (χ3v) is 4.86. The van der Waals surface area contributed by atoms with E-state index in [1.807, 2.05) is 0 Å². The monoisotopic (exact) mass is 224 g/mol. The second-order valence-electron chi connectivity index (χ2n) is 6.09. The lowest BCUT2D eigenvalue weighted by molar-refractivity contribution is -0.147. The summed E-state index contributed by atoms with van der Waals surface area (Å²) < 4.78 is 5.98. The number of hydrogen-bond donors (Lipinski definition) is 2. The van der Waals surface area contributed by atoms with Crippen LogP contribution in [0.15, 0.2) is 0 Å². The van der Waals surface area contributed by atoms with Crippen molar-refractivity contribution in [2.75, 3.05) is 6.61 Å². The normalized spacial score (nSPS) is 34.7. The summed E-state index contributed by atoms with van der Waals surface area (Å²) in [6.45, 7) is 0.952. The molecule has 3 N–H and O–H groups in total. The third kappa shape index (κ3) is 2.13. The van der Waals surface area contributed by atoms with Crippen LogP contribution in [-0.4, -0.2) is 18.2 Å². The molecule has 1 aliphatic heterocycles. The first kappa shape index (κ1) is 11.0. The molecule has 2 aliphatic carbocycles. The minimum atomic E-state index is 0.265. The van der Waals surface area contributed by atoms with Gasteiger partial charge >= 0.3 is 0 Å². The molecule has 2 saturated carbocycles. The molecule has 0 bridgehead atoms. The average Bonchev–Trinajstić information content (AvgIpc) is 3.08. The molecule has 1 heterocycles. The molecule has 2 atom stereocenters. The van der Waals surface area contributed by atoms with Crippen molar-refractivity contribution < 1.29 is 4.74 Å². The summed E-state index contributed by atoms with van der Waals surface area (Å²) in [5.41, 5.74) is 3.34. The lowest BCUT2D eigenvalue weighted by Crippen LogP contribution is -2.51. The van der Waals surface area contributed by atoms with Gasteiger partial charge in [-0.1, -0.05) is 12.8 Å². The highest BCUT2D eigenvalue weighted by atomic mass is 16.5. The highest BCUT2D eigenvalue weighted by Gasteiger charge is 2.44. The van der Waals surface area contributed by atoms with Gasteiger partial charge in [-0.05, 0) is 50.4 Å². The summed E-state index contributed by atoms with van der Waals surface area (Å²) in [7, 11) is 0. The van der Waals surface area contributed by atoms with Crippen LogP contribution in [-0.2, 0) is 4.74 Å². The third-order valence-electron chi connectivity index (χ3n) is 4.86. The molecule has 1 saturated heterocycles. The Morgan fingerprint density at radius 1 is 1.31 bits per heavy atom. The standard InChI is InChI=1S/C13H24N2O/c14-15-12(8-10-2-3-10)11-4-7-16-13(9-11)5-1-6-13/h10-12,15H,1-9,14H2. The average molecular weight is 224 g/mol. The lowest BCUT2D eigenvalue weighted by atomic mass is 9.70. The first-order valence-corrected chi connectivity index (χ1v) is 6.91. The van der Waals surface area contributed by atoms with Gasteiger partial charge in [-0.15, -0.1) is 0 Å². The van der Waals surface area contributed by atoms with Crippen LogP contribution in [0.3, 0.4) is 0 Å². The second kappa shape index (κ2) is 4.28. The van der Waals surface area contributed by atoms with Crippen LogP contribution in [0.4, 0.5) is 0 Å². The first-order valence-electron chi connectivity index (χ1n) is 6.91. The number of hydrogen-bond acceptors (Lipinski definition) is 3. The van der Waals surface area contributed by atoms with Crippen LogP contribution in [0.1, 0.15) is 51.4 Å². The highest BCUT2D eigenvalue weighted by molar-refractivity contribution is 4.97. The van der Waals surface area contributed by atoms with E-state index in [2.05, 4.69) is 5.43 Å². The van der Waals surface area contributed by atoms with Gasteiger partial charge in [-0.2, -0.15) is 0 Å². The molecule has 3 rings (SSSR count). The van der Waals surface area contributed by atoms with Crippen molar-refractivity contribution >= 4 is 0 Å². The van der Waals surface area contributed by atoms with E-state index in [0.717, 1.165) is 18.4 Å². The maximum atomic E-state index is 5.98. The molecule has 16 heavy (non-hydrogen) atoms.